The number of carbonyl (C=O) groups is 1. The fourth-order valence-electron chi connectivity index (χ4n) is 1.53. The van der Waals surface area contributed by atoms with Gasteiger partial charge >= 0.3 is 0 Å². The molecular formula is C10H14F2N4OS. The summed E-state index contributed by atoms with van der Waals surface area (Å²) in [4.78, 5) is 15.8. The first-order valence-corrected chi connectivity index (χ1v) is 6.47. The molecule has 0 aliphatic heterocycles. The zero-order chi connectivity index (χ0) is 13.1. The summed E-state index contributed by atoms with van der Waals surface area (Å²) < 4.78 is 23.9. The lowest BCUT2D eigenvalue weighted by Crippen LogP contribution is -2.28. The third-order valence-electron chi connectivity index (χ3n) is 2.71. The second-order valence-corrected chi connectivity index (χ2v) is 5.11. The maximum absolute atomic E-state index is 12.0. The largest absolute Gasteiger partial charge is 0.382 e. The molecule has 1 amide bonds. The first kappa shape index (κ1) is 13.0. The molecule has 1 aromatic rings. The fraction of sp³-hybridized carbons (Fsp3) is 0.600. The Bertz CT molecular complexity index is 434. The van der Waals surface area contributed by atoms with Crippen molar-refractivity contribution in [1.29, 1.82) is 0 Å². The molecule has 18 heavy (non-hydrogen) atoms. The Morgan fingerprint density at radius 1 is 1.56 bits per heavy atom. The van der Waals surface area contributed by atoms with E-state index in [2.05, 4.69) is 15.6 Å². The quantitative estimate of drug-likeness (QED) is 0.764. The molecule has 1 aliphatic carbocycles. The van der Waals surface area contributed by atoms with Gasteiger partial charge in [-0.3, -0.25) is 4.79 Å². The number of nitrogens with one attached hydrogen (secondary N) is 2. The predicted octanol–water partition coefficient (Wildman–Crippen LogP) is 1.68. The van der Waals surface area contributed by atoms with Crippen LogP contribution in [0.2, 0.25) is 0 Å². The van der Waals surface area contributed by atoms with E-state index in [1.54, 1.807) is 0 Å². The Hall–Kier alpha value is -1.44. The number of nitrogens with zero attached hydrogens (tertiary/aromatic N) is 1. The van der Waals surface area contributed by atoms with E-state index >= 15 is 0 Å². The smallest absolute Gasteiger partial charge is 0.265 e. The van der Waals surface area contributed by atoms with Crippen LogP contribution in [0.3, 0.4) is 0 Å². The molecule has 1 aliphatic rings. The van der Waals surface area contributed by atoms with E-state index in [1.165, 1.54) is 6.42 Å². The molecule has 4 N–H and O–H groups in total. The van der Waals surface area contributed by atoms with Gasteiger partial charge in [0.1, 0.15) is 10.7 Å². The van der Waals surface area contributed by atoms with E-state index in [0.29, 0.717) is 11.2 Å². The maximum Gasteiger partial charge on any atom is 0.265 e. The van der Waals surface area contributed by atoms with E-state index < -0.39 is 18.9 Å². The maximum atomic E-state index is 12.0. The van der Waals surface area contributed by atoms with Gasteiger partial charge in [0.05, 0.1) is 6.54 Å². The third-order valence-corrected chi connectivity index (χ3v) is 3.71. The molecule has 2 rings (SSSR count). The van der Waals surface area contributed by atoms with Gasteiger partial charge in [-0.15, -0.1) is 0 Å². The van der Waals surface area contributed by atoms with Crippen LogP contribution in [0.15, 0.2) is 0 Å². The van der Waals surface area contributed by atoms with E-state index in [9.17, 15) is 13.6 Å². The summed E-state index contributed by atoms with van der Waals surface area (Å²) in [7, 11) is 0. The van der Waals surface area contributed by atoms with Crippen LogP contribution in [-0.4, -0.2) is 29.9 Å². The molecule has 0 saturated heterocycles. The van der Waals surface area contributed by atoms with Crippen molar-refractivity contribution in [1.82, 2.24) is 10.3 Å². The monoisotopic (exact) mass is 276 g/mol. The lowest BCUT2D eigenvalue weighted by molar-refractivity contribution is 0.0896. The van der Waals surface area contributed by atoms with Gasteiger partial charge in [-0.1, -0.05) is 11.3 Å². The van der Waals surface area contributed by atoms with Crippen molar-refractivity contribution in [3.63, 3.8) is 0 Å². The molecule has 1 heterocycles. The van der Waals surface area contributed by atoms with Crippen molar-refractivity contribution in [3.8, 4) is 0 Å². The van der Waals surface area contributed by atoms with Crippen LogP contribution in [0.4, 0.5) is 19.7 Å². The fourth-order valence-corrected chi connectivity index (χ4v) is 2.41. The Morgan fingerprint density at radius 3 is 2.83 bits per heavy atom. The van der Waals surface area contributed by atoms with Gasteiger partial charge in [-0.2, -0.15) is 0 Å². The minimum Gasteiger partial charge on any atom is -0.382 e. The highest BCUT2D eigenvalue weighted by molar-refractivity contribution is 7.18. The molecule has 0 radical (unpaired) electrons. The van der Waals surface area contributed by atoms with Gasteiger partial charge in [0, 0.05) is 6.04 Å². The lowest BCUT2D eigenvalue weighted by Gasteiger charge is -2.25. The van der Waals surface area contributed by atoms with Crippen molar-refractivity contribution < 1.29 is 13.6 Å². The van der Waals surface area contributed by atoms with Gasteiger partial charge < -0.3 is 16.4 Å². The Labute approximate surface area is 107 Å². The van der Waals surface area contributed by atoms with Crippen LogP contribution in [-0.2, 0) is 0 Å². The summed E-state index contributed by atoms with van der Waals surface area (Å²) in [5, 5.41) is 5.84. The molecule has 1 saturated carbocycles. The summed E-state index contributed by atoms with van der Waals surface area (Å²) in [6.45, 7) is -0.679. The summed E-state index contributed by atoms with van der Waals surface area (Å²) in [6.07, 6.45) is 0.759. The number of nitrogen functional groups attached to an aromatic ring is 1. The number of carbonyl (C=O) groups excluding carboxylic acids is 1. The molecule has 0 spiro atoms. The highest BCUT2D eigenvalue weighted by Gasteiger charge is 2.21. The number of alkyl halides is 2. The van der Waals surface area contributed by atoms with Crippen LogP contribution in [0.1, 0.15) is 28.9 Å². The second kappa shape index (κ2) is 5.47. The number of nitrogens with two attached hydrogens (primary N) is 1. The number of anilines is 2. The van der Waals surface area contributed by atoms with E-state index in [1.807, 2.05) is 0 Å². The SMILES string of the molecule is Nc1nc(NC2CCC2)sc1C(=O)NCC(F)F. The minimum absolute atomic E-state index is 0.0774. The Kier molecular flexibility index (Phi) is 3.95. The van der Waals surface area contributed by atoms with Crippen LogP contribution >= 0.6 is 11.3 Å². The minimum atomic E-state index is -2.57. The number of rotatable bonds is 5. The van der Waals surface area contributed by atoms with Gasteiger partial charge in [-0.05, 0) is 19.3 Å². The number of amides is 1. The molecule has 1 aromatic heterocycles. The molecule has 0 aromatic carbocycles. The molecule has 0 atom stereocenters. The summed E-state index contributed by atoms with van der Waals surface area (Å²) >= 11 is 1.09. The summed E-state index contributed by atoms with van der Waals surface area (Å²) in [5.74, 6) is -0.527. The Balaban J connectivity index is 1.96. The highest BCUT2D eigenvalue weighted by atomic mass is 32.1. The first-order valence-electron chi connectivity index (χ1n) is 5.65. The van der Waals surface area contributed by atoms with E-state index in [-0.39, 0.29) is 10.7 Å². The van der Waals surface area contributed by atoms with Crippen molar-refractivity contribution in [2.45, 2.75) is 31.7 Å². The molecular weight excluding hydrogens is 262 g/mol. The average molecular weight is 276 g/mol. The first-order chi connectivity index (χ1) is 8.56. The van der Waals surface area contributed by atoms with Gasteiger partial charge in [0.25, 0.3) is 12.3 Å². The van der Waals surface area contributed by atoms with E-state index in [0.717, 1.165) is 24.2 Å². The topological polar surface area (TPSA) is 80.0 Å². The number of aromatic nitrogens is 1. The number of halogens is 2. The molecule has 5 nitrogen and oxygen atoms in total. The summed E-state index contributed by atoms with van der Waals surface area (Å²) in [5.41, 5.74) is 5.59. The average Bonchev–Trinajstić information content (AvgIpc) is 2.62. The normalized spacial score (nSPS) is 15.5. The zero-order valence-corrected chi connectivity index (χ0v) is 10.4. The Morgan fingerprint density at radius 2 is 2.28 bits per heavy atom. The zero-order valence-electron chi connectivity index (χ0n) is 9.58. The standard InChI is InChI=1S/C10H14F2N4OS/c11-6(12)4-14-9(17)7-8(13)16-10(18-7)15-5-2-1-3-5/h5-6H,1-4,13H2,(H,14,17)(H,15,16). The van der Waals surface area contributed by atoms with Crippen molar-refractivity contribution >= 4 is 28.2 Å². The predicted molar refractivity (Wildman–Crippen MR) is 66.1 cm³/mol. The van der Waals surface area contributed by atoms with Crippen molar-refractivity contribution in [2.24, 2.45) is 0 Å². The molecule has 8 heteroatoms. The summed E-state index contributed by atoms with van der Waals surface area (Å²) in [6, 6.07) is 0.382. The second-order valence-electron chi connectivity index (χ2n) is 4.11. The third kappa shape index (κ3) is 3.06. The van der Waals surface area contributed by atoms with Gasteiger partial charge in [-0.25, -0.2) is 13.8 Å². The lowest BCUT2D eigenvalue weighted by atomic mass is 9.93. The van der Waals surface area contributed by atoms with Gasteiger partial charge in [0.2, 0.25) is 0 Å². The molecule has 0 bridgehead atoms. The molecule has 0 unspecified atom stereocenters. The highest BCUT2D eigenvalue weighted by Crippen LogP contribution is 2.29. The number of thiazole rings is 1. The van der Waals surface area contributed by atoms with E-state index in [4.69, 9.17) is 5.73 Å². The van der Waals surface area contributed by atoms with Crippen LogP contribution in [0, 0.1) is 0 Å². The van der Waals surface area contributed by atoms with Crippen LogP contribution < -0.4 is 16.4 Å². The molecule has 100 valence electrons. The number of hydrogen-bond donors (Lipinski definition) is 3. The number of hydrogen-bond acceptors (Lipinski definition) is 5. The molecule has 1 fully saturated rings. The van der Waals surface area contributed by atoms with Crippen molar-refractivity contribution in [2.75, 3.05) is 17.6 Å². The van der Waals surface area contributed by atoms with Gasteiger partial charge in [0.15, 0.2) is 5.13 Å². The van der Waals surface area contributed by atoms with Crippen LogP contribution in [0.5, 0.6) is 0 Å². The van der Waals surface area contributed by atoms with Crippen molar-refractivity contribution in [3.05, 3.63) is 4.88 Å². The van der Waals surface area contributed by atoms with Crippen LogP contribution in [0.25, 0.3) is 0 Å².